The fourth-order valence-corrected chi connectivity index (χ4v) is 2.44. The van der Waals surface area contributed by atoms with E-state index in [0.717, 1.165) is 13.1 Å². The third-order valence-corrected chi connectivity index (χ3v) is 3.65. The van der Waals surface area contributed by atoms with E-state index in [-0.39, 0.29) is 18.4 Å². The van der Waals surface area contributed by atoms with Crippen LogP contribution >= 0.6 is 0 Å². The van der Waals surface area contributed by atoms with Gasteiger partial charge in [0, 0.05) is 12.6 Å². The smallest absolute Gasteiger partial charge is 0.214 e. The molecular formula is C9H22N2O3S. The predicted molar refractivity (Wildman–Crippen MR) is 61.3 cm³/mol. The Morgan fingerprint density at radius 3 is 2.27 bits per heavy atom. The van der Waals surface area contributed by atoms with Gasteiger partial charge in [0.25, 0.3) is 0 Å². The van der Waals surface area contributed by atoms with Gasteiger partial charge >= 0.3 is 0 Å². The Labute approximate surface area is 92.5 Å². The molecule has 0 saturated carbocycles. The van der Waals surface area contributed by atoms with Crippen LogP contribution in [0.15, 0.2) is 0 Å². The minimum atomic E-state index is -3.32. The van der Waals surface area contributed by atoms with E-state index in [1.54, 1.807) is 0 Å². The van der Waals surface area contributed by atoms with Crippen LogP contribution in [0.5, 0.6) is 0 Å². The summed E-state index contributed by atoms with van der Waals surface area (Å²) in [5.74, 6) is -0.227. The van der Waals surface area contributed by atoms with E-state index in [4.69, 9.17) is 5.11 Å². The Bertz CT molecular complexity index is 250. The quantitative estimate of drug-likeness (QED) is 0.605. The van der Waals surface area contributed by atoms with Crippen molar-refractivity contribution in [2.75, 3.05) is 32.0 Å². The van der Waals surface area contributed by atoms with Crippen molar-refractivity contribution in [3.8, 4) is 0 Å². The molecule has 0 radical (unpaired) electrons. The largest absolute Gasteiger partial charge is 0.395 e. The SMILES string of the molecule is CCN(CC)CC(C)NS(=O)(=O)CCO. The van der Waals surface area contributed by atoms with Gasteiger partial charge in [-0.25, -0.2) is 13.1 Å². The van der Waals surface area contributed by atoms with E-state index in [2.05, 4.69) is 9.62 Å². The molecule has 0 aliphatic heterocycles. The third-order valence-electron chi connectivity index (χ3n) is 2.17. The normalized spacial score (nSPS) is 14.5. The summed E-state index contributed by atoms with van der Waals surface area (Å²) in [4.78, 5) is 2.14. The third kappa shape index (κ3) is 6.83. The monoisotopic (exact) mass is 238 g/mol. The summed E-state index contributed by atoms with van der Waals surface area (Å²) < 4.78 is 25.1. The number of aliphatic hydroxyl groups is 1. The average molecular weight is 238 g/mol. The first-order chi connectivity index (χ1) is 6.95. The van der Waals surface area contributed by atoms with E-state index in [1.165, 1.54) is 0 Å². The Balaban J connectivity index is 4.07. The number of nitrogens with zero attached hydrogens (tertiary/aromatic N) is 1. The van der Waals surface area contributed by atoms with Crippen LogP contribution in [0.1, 0.15) is 20.8 Å². The highest BCUT2D eigenvalue weighted by Crippen LogP contribution is 1.94. The van der Waals surface area contributed by atoms with Gasteiger partial charge in [-0.1, -0.05) is 13.8 Å². The standard InChI is InChI=1S/C9H22N2O3S/c1-4-11(5-2)8-9(3)10-15(13,14)7-6-12/h9-10,12H,4-8H2,1-3H3. The average Bonchev–Trinajstić information content (AvgIpc) is 2.13. The minimum absolute atomic E-state index is 0.124. The topological polar surface area (TPSA) is 69.6 Å². The Morgan fingerprint density at radius 1 is 1.33 bits per heavy atom. The maximum atomic E-state index is 11.3. The summed E-state index contributed by atoms with van der Waals surface area (Å²) in [5, 5.41) is 8.56. The highest BCUT2D eigenvalue weighted by Gasteiger charge is 2.15. The lowest BCUT2D eigenvalue weighted by atomic mass is 10.3. The zero-order valence-electron chi connectivity index (χ0n) is 9.73. The zero-order valence-corrected chi connectivity index (χ0v) is 10.5. The fourth-order valence-electron chi connectivity index (χ4n) is 1.39. The van der Waals surface area contributed by atoms with Crippen molar-refractivity contribution < 1.29 is 13.5 Å². The molecule has 5 nitrogen and oxygen atoms in total. The van der Waals surface area contributed by atoms with Crippen LogP contribution < -0.4 is 4.72 Å². The van der Waals surface area contributed by atoms with Crippen molar-refractivity contribution in [2.24, 2.45) is 0 Å². The number of nitrogens with one attached hydrogen (secondary N) is 1. The molecule has 0 aliphatic rings. The molecule has 15 heavy (non-hydrogen) atoms. The van der Waals surface area contributed by atoms with Crippen molar-refractivity contribution >= 4 is 10.0 Å². The van der Waals surface area contributed by atoms with Gasteiger partial charge in [-0.15, -0.1) is 0 Å². The lowest BCUT2D eigenvalue weighted by Crippen LogP contribution is -2.43. The molecule has 0 aromatic rings. The molecule has 0 aliphatic carbocycles. The summed E-state index contributed by atoms with van der Waals surface area (Å²) in [6.45, 7) is 8.07. The summed E-state index contributed by atoms with van der Waals surface area (Å²) in [6.07, 6.45) is 0. The predicted octanol–water partition coefficient (Wildman–Crippen LogP) is -0.372. The molecule has 0 saturated heterocycles. The molecule has 1 unspecified atom stereocenters. The molecule has 0 bridgehead atoms. The second-order valence-electron chi connectivity index (χ2n) is 3.55. The maximum Gasteiger partial charge on any atom is 0.214 e. The molecule has 92 valence electrons. The van der Waals surface area contributed by atoms with E-state index in [9.17, 15) is 8.42 Å². The van der Waals surface area contributed by atoms with Gasteiger partial charge < -0.3 is 10.0 Å². The number of likely N-dealkylation sites (N-methyl/N-ethyl adjacent to an activating group) is 1. The Kier molecular flexibility index (Phi) is 7.08. The second-order valence-corrected chi connectivity index (χ2v) is 5.42. The van der Waals surface area contributed by atoms with Crippen LogP contribution in [-0.4, -0.2) is 56.5 Å². The summed E-state index contributed by atoms with van der Waals surface area (Å²) in [6, 6.07) is -0.124. The van der Waals surface area contributed by atoms with Crippen molar-refractivity contribution in [3.63, 3.8) is 0 Å². The lowest BCUT2D eigenvalue weighted by Gasteiger charge is -2.23. The highest BCUT2D eigenvalue weighted by molar-refractivity contribution is 7.89. The number of sulfonamides is 1. The second kappa shape index (κ2) is 7.16. The number of aliphatic hydroxyl groups excluding tert-OH is 1. The molecule has 0 fully saturated rings. The first kappa shape index (κ1) is 14.8. The molecule has 0 rings (SSSR count). The van der Waals surface area contributed by atoms with Gasteiger partial charge in [-0.3, -0.25) is 0 Å². The summed E-state index contributed by atoms with van der Waals surface area (Å²) >= 11 is 0. The molecular weight excluding hydrogens is 216 g/mol. The van der Waals surface area contributed by atoms with Crippen LogP contribution in [0.3, 0.4) is 0 Å². The van der Waals surface area contributed by atoms with Gasteiger partial charge in [-0.05, 0) is 20.0 Å². The minimum Gasteiger partial charge on any atom is -0.395 e. The van der Waals surface area contributed by atoms with Crippen molar-refractivity contribution in [1.29, 1.82) is 0 Å². The first-order valence-electron chi connectivity index (χ1n) is 5.28. The van der Waals surface area contributed by atoms with Gasteiger partial charge in [-0.2, -0.15) is 0 Å². The molecule has 0 amide bonds. The van der Waals surface area contributed by atoms with E-state index >= 15 is 0 Å². The van der Waals surface area contributed by atoms with Crippen molar-refractivity contribution in [1.82, 2.24) is 9.62 Å². The van der Waals surface area contributed by atoms with Gasteiger partial charge in [0.2, 0.25) is 10.0 Å². The fraction of sp³-hybridized carbons (Fsp3) is 1.00. The number of rotatable bonds is 8. The van der Waals surface area contributed by atoms with Gasteiger partial charge in [0.05, 0.1) is 12.4 Å². The van der Waals surface area contributed by atoms with Gasteiger partial charge in [0.15, 0.2) is 0 Å². The van der Waals surface area contributed by atoms with Crippen LogP contribution in [0.4, 0.5) is 0 Å². The molecule has 0 spiro atoms. The molecule has 6 heteroatoms. The zero-order chi connectivity index (χ0) is 11.9. The molecule has 0 aromatic heterocycles. The summed E-state index contributed by atoms with van der Waals surface area (Å²) in [5.41, 5.74) is 0. The highest BCUT2D eigenvalue weighted by atomic mass is 32.2. The van der Waals surface area contributed by atoms with Crippen LogP contribution in [-0.2, 0) is 10.0 Å². The van der Waals surface area contributed by atoms with Crippen molar-refractivity contribution in [3.05, 3.63) is 0 Å². The van der Waals surface area contributed by atoms with E-state index < -0.39 is 10.0 Å². The maximum absolute atomic E-state index is 11.3. The van der Waals surface area contributed by atoms with Gasteiger partial charge in [0.1, 0.15) is 0 Å². The molecule has 2 N–H and O–H groups in total. The Morgan fingerprint density at radius 2 is 1.87 bits per heavy atom. The van der Waals surface area contributed by atoms with E-state index in [0.29, 0.717) is 6.54 Å². The Hall–Kier alpha value is -0.170. The number of hydrogen-bond acceptors (Lipinski definition) is 4. The number of hydrogen-bond donors (Lipinski definition) is 2. The van der Waals surface area contributed by atoms with E-state index in [1.807, 2.05) is 20.8 Å². The van der Waals surface area contributed by atoms with Crippen LogP contribution in [0, 0.1) is 0 Å². The summed E-state index contributed by atoms with van der Waals surface area (Å²) in [7, 11) is -3.32. The lowest BCUT2D eigenvalue weighted by molar-refractivity contribution is 0.281. The van der Waals surface area contributed by atoms with Crippen LogP contribution in [0.2, 0.25) is 0 Å². The first-order valence-corrected chi connectivity index (χ1v) is 6.93. The molecule has 0 heterocycles. The van der Waals surface area contributed by atoms with Crippen LogP contribution in [0.25, 0.3) is 0 Å². The van der Waals surface area contributed by atoms with Crippen molar-refractivity contribution in [2.45, 2.75) is 26.8 Å². The molecule has 1 atom stereocenters. The molecule has 0 aromatic carbocycles.